The van der Waals surface area contributed by atoms with Crippen molar-refractivity contribution in [3.05, 3.63) is 21.0 Å². The summed E-state index contributed by atoms with van der Waals surface area (Å²) >= 11 is 6.76. The standard InChI is InChI=1S/C10H14Br2N2O/c1-14(6-2-3-6)8(5-13)9-4-7(11)10(12)15-9/h4,6,8H,2-3,5,13H2,1H3. The summed E-state index contributed by atoms with van der Waals surface area (Å²) in [7, 11) is 2.11. The van der Waals surface area contributed by atoms with Gasteiger partial charge in [-0.3, -0.25) is 4.90 Å². The molecule has 3 nitrogen and oxygen atoms in total. The first-order chi connectivity index (χ1) is 7.13. The van der Waals surface area contributed by atoms with Crippen LogP contribution in [0.2, 0.25) is 0 Å². The Morgan fingerprint density at radius 1 is 1.60 bits per heavy atom. The maximum Gasteiger partial charge on any atom is 0.183 e. The summed E-state index contributed by atoms with van der Waals surface area (Å²) in [6.45, 7) is 0.583. The fourth-order valence-electron chi connectivity index (χ4n) is 1.75. The van der Waals surface area contributed by atoms with Crippen molar-refractivity contribution in [2.45, 2.75) is 24.9 Å². The molecule has 1 aliphatic carbocycles. The Bertz CT molecular complexity index is 330. The Balaban J connectivity index is 2.17. The van der Waals surface area contributed by atoms with Crippen LogP contribution in [0.1, 0.15) is 24.6 Å². The van der Waals surface area contributed by atoms with E-state index in [0.29, 0.717) is 12.6 Å². The molecule has 84 valence electrons. The Hall–Kier alpha value is 0.160. The molecule has 0 radical (unpaired) electrons. The van der Waals surface area contributed by atoms with E-state index in [4.69, 9.17) is 10.2 Å². The highest BCUT2D eigenvalue weighted by Crippen LogP contribution is 2.36. The Morgan fingerprint density at radius 2 is 2.27 bits per heavy atom. The van der Waals surface area contributed by atoms with Gasteiger partial charge < -0.3 is 10.2 Å². The van der Waals surface area contributed by atoms with Gasteiger partial charge >= 0.3 is 0 Å². The highest BCUT2D eigenvalue weighted by Gasteiger charge is 2.32. The molecular weight excluding hydrogens is 324 g/mol. The quantitative estimate of drug-likeness (QED) is 0.918. The molecule has 5 heteroatoms. The molecule has 1 fully saturated rings. The van der Waals surface area contributed by atoms with Gasteiger partial charge in [-0.15, -0.1) is 0 Å². The number of halogens is 2. The van der Waals surface area contributed by atoms with Crippen molar-refractivity contribution in [2.75, 3.05) is 13.6 Å². The minimum absolute atomic E-state index is 0.181. The van der Waals surface area contributed by atoms with Crippen LogP contribution in [0.3, 0.4) is 0 Å². The van der Waals surface area contributed by atoms with Crippen molar-refractivity contribution in [2.24, 2.45) is 5.73 Å². The Kier molecular flexibility index (Phi) is 3.55. The molecule has 0 spiro atoms. The molecule has 0 amide bonds. The predicted molar refractivity (Wildman–Crippen MR) is 66.7 cm³/mol. The van der Waals surface area contributed by atoms with E-state index in [1.165, 1.54) is 12.8 Å². The molecule has 0 bridgehead atoms. The van der Waals surface area contributed by atoms with Gasteiger partial charge in [0.25, 0.3) is 0 Å². The average Bonchev–Trinajstić information content (AvgIpc) is 2.97. The van der Waals surface area contributed by atoms with Crippen LogP contribution in [0.5, 0.6) is 0 Å². The maximum atomic E-state index is 5.80. The van der Waals surface area contributed by atoms with Gasteiger partial charge in [0.05, 0.1) is 10.5 Å². The van der Waals surface area contributed by atoms with Crippen LogP contribution >= 0.6 is 31.9 Å². The zero-order valence-electron chi connectivity index (χ0n) is 8.54. The summed E-state index contributed by atoms with van der Waals surface area (Å²) in [5.41, 5.74) is 5.80. The second-order valence-electron chi connectivity index (χ2n) is 3.92. The van der Waals surface area contributed by atoms with Crippen LogP contribution in [0.25, 0.3) is 0 Å². The molecule has 2 N–H and O–H groups in total. The summed E-state index contributed by atoms with van der Waals surface area (Å²) < 4.78 is 7.30. The zero-order valence-corrected chi connectivity index (χ0v) is 11.7. The second kappa shape index (κ2) is 4.57. The third-order valence-electron chi connectivity index (χ3n) is 2.83. The third-order valence-corrected chi connectivity index (χ3v) is 4.54. The van der Waals surface area contributed by atoms with Gasteiger partial charge in [-0.25, -0.2) is 0 Å². The molecule has 0 saturated heterocycles. The fourth-order valence-corrected chi connectivity index (χ4v) is 2.35. The zero-order chi connectivity index (χ0) is 11.0. The SMILES string of the molecule is CN(C1CC1)C(CN)c1cc(Br)c(Br)o1. The monoisotopic (exact) mass is 336 g/mol. The van der Waals surface area contributed by atoms with Crippen LogP contribution in [-0.2, 0) is 0 Å². The summed E-state index contributed by atoms with van der Waals surface area (Å²) in [6, 6.07) is 2.85. The Morgan fingerprint density at radius 3 is 2.67 bits per heavy atom. The minimum atomic E-state index is 0.181. The smallest absolute Gasteiger partial charge is 0.183 e. The minimum Gasteiger partial charge on any atom is -0.451 e. The summed E-state index contributed by atoms with van der Waals surface area (Å²) in [6.07, 6.45) is 2.55. The van der Waals surface area contributed by atoms with Gasteiger partial charge in [-0.1, -0.05) is 0 Å². The van der Waals surface area contributed by atoms with E-state index in [1.54, 1.807) is 0 Å². The van der Waals surface area contributed by atoms with Crippen LogP contribution < -0.4 is 5.73 Å². The molecule has 1 unspecified atom stereocenters. The van der Waals surface area contributed by atoms with E-state index in [1.807, 2.05) is 6.07 Å². The molecule has 1 heterocycles. The molecule has 2 rings (SSSR count). The molecule has 15 heavy (non-hydrogen) atoms. The number of rotatable bonds is 4. The molecule has 1 aromatic heterocycles. The molecule has 1 saturated carbocycles. The van der Waals surface area contributed by atoms with Gasteiger partial charge in [0.1, 0.15) is 5.76 Å². The first kappa shape index (κ1) is 11.6. The van der Waals surface area contributed by atoms with E-state index < -0.39 is 0 Å². The van der Waals surface area contributed by atoms with E-state index in [2.05, 4.69) is 43.8 Å². The van der Waals surface area contributed by atoms with Crippen molar-refractivity contribution in [3.8, 4) is 0 Å². The Labute approximate surface area is 106 Å². The van der Waals surface area contributed by atoms with E-state index in [9.17, 15) is 0 Å². The maximum absolute atomic E-state index is 5.80. The van der Waals surface area contributed by atoms with Gasteiger partial charge in [0.2, 0.25) is 0 Å². The molecule has 1 aliphatic rings. The second-order valence-corrected chi connectivity index (χ2v) is 5.49. The number of likely N-dealkylation sites (N-methyl/N-ethyl adjacent to an activating group) is 1. The van der Waals surface area contributed by atoms with Crippen molar-refractivity contribution < 1.29 is 4.42 Å². The van der Waals surface area contributed by atoms with E-state index in [-0.39, 0.29) is 6.04 Å². The predicted octanol–water partition coefficient (Wildman–Crippen LogP) is 2.90. The molecule has 1 aromatic rings. The van der Waals surface area contributed by atoms with Crippen LogP contribution in [0.15, 0.2) is 19.6 Å². The lowest BCUT2D eigenvalue weighted by Crippen LogP contribution is -2.31. The first-order valence-corrected chi connectivity index (χ1v) is 6.58. The van der Waals surface area contributed by atoms with Gasteiger partial charge in [0, 0.05) is 12.6 Å². The van der Waals surface area contributed by atoms with Crippen LogP contribution in [0.4, 0.5) is 0 Å². The average molecular weight is 338 g/mol. The fraction of sp³-hybridized carbons (Fsp3) is 0.600. The molecular formula is C10H14Br2N2O. The molecule has 0 aromatic carbocycles. The van der Waals surface area contributed by atoms with Crippen molar-refractivity contribution in [1.82, 2.24) is 4.90 Å². The summed E-state index contributed by atoms with van der Waals surface area (Å²) in [5, 5.41) is 0. The van der Waals surface area contributed by atoms with Crippen molar-refractivity contribution in [3.63, 3.8) is 0 Å². The number of hydrogen-bond donors (Lipinski definition) is 1. The van der Waals surface area contributed by atoms with Gasteiger partial charge in [-0.2, -0.15) is 0 Å². The lowest BCUT2D eigenvalue weighted by atomic mass is 10.2. The number of hydrogen-bond acceptors (Lipinski definition) is 3. The topological polar surface area (TPSA) is 42.4 Å². The van der Waals surface area contributed by atoms with Crippen LogP contribution in [0, 0.1) is 0 Å². The highest BCUT2D eigenvalue weighted by atomic mass is 79.9. The third kappa shape index (κ3) is 2.46. The highest BCUT2D eigenvalue weighted by molar-refractivity contribution is 9.13. The van der Waals surface area contributed by atoms with E-state index in [0.717, 1.165) is 14.9 Å². The number of nitrogens with two attached hydrogens (primary N) is 1. The van der Waals surface area contributed by atoms with Crippen molar-refractivity contribution >= 4 is 31.9 Å². The van der Waals surface area contributed by atoms with E-state index >= 15 is 0 Å². The normalized spacial score (nSPS) is 18.5. The van der Waals surface area contributed by atoms with Gasteiger partial charge in [-0.05, 0) is 57.8 Å². The first-order valence-electron chi connectivity index (χ1n) is 5.00. The lowest BCUT2D eigenvalue weighted by molar-refractivity contribution is 0.210. The largest absolute Gasteiger partial charge is 0.451 e. The number of nitrogens with zero attached hydrogens (tertiary/aromatic N) is 1. The van der Waals surface area contributed by atoms with Gasteiger partial charge in [0.15, 0.2) is 4.67 Å². The molecule has 1 atom stereocenters. The summed E-state index contributed by atoms with van der Waals surface area (Å²) in [5.74, 6) is 0.922. The van der Waals surface area contributed by atoms with Crippen molar-refractivity contribution in [1.29, 1.82) is 0 Å². The summed E-state index contributed by atoms with van der Waals surface area (Å²) in [4.78, 5) is 2.30. The lowest BCUT2D eigenvalue weighted by Gasteiger charge is -2.24. The molecule has 0 aliphatic heterocycles. The van der Waals surface area contributed by atoms with Crippen LogP contribution in [-0.4, -0.2) is 24.5 Å². The number of furan rings is 1.